The van der Waals surface area contributed by atoms with Crippen molar-refractivity contribution in [1.82, 2.24) is 4.57 Å². The van der Waals surface area contributed by atoms with Crippen LogP contribution in [0, 0.1) is 5.41 Å². The molecule has 1 aromatic heterocycles. The molecule has 2 rings (SSSR count). The molecular weight excluding hydrogens is 375 g/mol. The minimum absolute atomic E-state index is 0.173. The fourth-order valence-electron chi connectivity index (χ4n) is 2.13. The Hall–Kier alpha value is -3.10. The number of amides is 2. The van der Waals surface area contributed by atoms with Crippen LogP contribution in [0.5, 0.6) is 0 Å². The average Bonchev–Trinajstić information content (AvgIpc) is 2.56. The van der Waals surface area contributed by atoms with Gasteiger partial charge in [-0.05, 0) is 30.3 Å². The van der Waals surface area contributed by atoms with Gasteiger partial charge in [0.15, 0.2) is 0 Å². The van der Waals surface area contributed by atoms with Gasteiger partial charge < -0.3 is 15.2 Å². The van der Waals surface area contributed by atoms with Crippen molar-refractivity contribution in [1.29, 1.82) is 0 Å². The van der Waals surface area contributed by atoms with Crippen LogP contribution in [0.2, 0.25) is 0 Å². The van der Waals surface area contributed by atoms with Crippen LogP contribution >= 0.6 is 0 Å². The Bertz CT molecular complexity index is 926. The molecule has 0 unspecified atom stereocenters. The summed E-state index contributed by atoms with van der Waals surface area (Å²) in [6, 6.07) is 7.66. The SMILES string of the molecule is CC(C)(C)C(=O)Nc1ccc(NC(=O)Cn2cc(C(F)(F)F)ccc2=O)cc1. The molecule has 1 heterocycles. The van der Waals surface area contributed by atoms with Crippen LogP contribution in [-0.4, -0.2) is 16.4 Å². The van der Waals surface area contributed by atoms with Gasteiger partial charge in [-0.1, -0.05) is 20.8 Å². The third-order valence-electron chi connectivity index (χ3n) is 3.73. The van der Waals surface area contributed by atoms with Gasteiger partial charge in [-0.3, -0.25) is 14.4 Å². The molecule has 150 valence electrons. The minimum atomic E-state index is -4.61. The van der Waals surface area contributed by atoms with Gasteiger partial charge in [-0.2, -0.15) is 13.2 Å². The van der Waals surface area contributed by atoms with Crippen LogP contribution in [-0.2, 0) is 22.3 Å². The van der Waals surface area contributed by atoms with E-state index in [1.165, 1.54) is 12.1 Å². The Kier molecular flexibility index (Phi) is 5.96. The smallest absolute Gasteiger partial charge is 0.326 e. The lowest BCUT2D eigenvalue weighted by molar-refractivity contribution is -0.138. The topological polar surface area (TPSA) is 80.2 Å². The first-order valence-electron chi connectivity index (χ1n) is 8.35. The zero-order valence-corrected chi connectivity index (χ0v) is 15.6. The third-order valence-corrected chi connectivity index (χ3v) is 3.73. The van der Waals surface area contributed by atoms with Gasteiger partial charge in [0, 0.05) is 29.1 Å². The van der Waals surface area contributed by atoms with E-state index in [9.17, 15) is 27.6 Å². The molecule has 6 nitrogen and oxygen atoms in total. The standard InChI is InChI=1S/C19H20F3N3O3/c1-18(2,3)17(28)24-14-7-5-13(6-8-14)23-15(26)11-25-10-12(19(20,21)22)4-9-16(25)27/h4-10H,11H2,1-3H3,(H,23,26)(H,24,28). The predicted octanol–water partition coefficient (Wildman–Crippen LogP) is 3.49. The molecule has 9 heteroatoms. The molecule has 1 aromatic carbocycles. The van der Waals surface area contributed by atoms with E-state index in [-0.39, 0.29) is 5.91 Å². The Morgan fingerprint density at radius 2 is 1.46 bits per heavy atom. The van der Waals surface area contributed by atoms with Gasteiger partial charge in [0.2, 0.25) is 11.8 Å². The molecule has 2 aromatic rings. The van der Waals surface area contributed by atoms with Gasteiger partial charge in [0.05, 0.1) is 5.56 Å². The van der Waals surface area contributed by atoms with E-state index in [1.807, 2.05) is 0 Å². The van der Waals surface area contributed by atoms with Crippen LogP contribution in [0.15, 0.2) is 47.4 Å². The van der Waals surface area contributed by atoms with Crippen molar-refractivity contribution in [2.45, 2.75) is 33.5 Å². The monoisotopic (exact) mass is 395 g/mol. The number of aromatic nitrogens is 1. The molecule has 0 atom stereocenters. The van der Waals surface area contributed by atoms with E-state index in [0.717, 1.165) is 6.07 Å². The van der Waals surface area contributed by atoms with Crippen molar-refractivity contribution in [3.63, 3.8) is 0 Å². The fourth-order valence-corrected chi connectivity index (χ4v) is 2.13. The number of nitrogens with one attached hydrogen (secondary N) is 2. The molecule has 0 aliphatic carbocycles. The van der Waals surface area contributed by atoms with Crippen molar-refractivity contribution < 1.29 is 22.8 Å². The second-order valence-corrected chi connectivity index (χ2v) is 7.21. The average molecular weight is 395 g/mol. The maximum atomic E-state index is 12.7. The molecule has 0 spiro atoms. The van der Waals surface area contributed by atoms with E-state index in [1.54, 1.807) is 32.9 Å². The summed E-state index contributed by atoms with van der Waals surface area (Å²) >= 11 is 0. The van der Waals surface area contributed by atoms with Gasteiger partial charge >= 0.3 is 6.18 Å². The molecule has 0 radical (unpaired) electrons. The number of halogens is 3. The Labute approximate surface area is 159 Å². The lowest BCUT2D eigenvalue weighted by Crippen LogP contribution is -2.28. The second-order valence-electron chi connectivity index (χ2n) is 7.21. The Balaban J connectivity index is 2.04. The van der Waals surface area contributed by atoms with E-state index in [4.69, 9.17) is 0 Å². The highest BCUT2D eigenvalue weighted by atomic mass is 19.4. The van der Waals surface area contributed by atoms with Crippen molar-refractivity contribution in [2.75, 3.05) is 10.6 Å². The van der Waals surface area contributed by atoms with Crippen molar-refractivity contribution in [3.8, 4) is 0 Å². The van der Waals surface area contributed by atoms with E-state index >= 15 is 0 Å². The highest BCUT2D eigenvalue weighted by Gasteiger charge is 2.31. The molecule has 0 bridgehead atoms. The predicted molar refractivity (Wildman–Crippen MR) is 98.9 cm³/mol. The first-order chi connectivity index (χ1) is 12.9. The first-order valence-corrected chi connectivity index (χ1v) is 8.35. The quantitative estimate of drug-likeness (QED) is 0.832. The number of alkyl halides is 3. The molecular formula is C19H20F3N3O3. The maximum absolute atomic E-state index is 12.7. The third kappa shape index (κ3) is 5.70. The number of nitrogens with zero attached hydrogens (tertiary/aromatic N) is 1. The first kappa shape index (κ1) is 21.2. The van der Waals surface area contributed by atoms with Crippen LogP contribution in [0.1, 0.15) is 26.3 Å². The summed E-state index contributed by atoms with van der Waals surface area (Å²) in [5, 5.41) is 5.22. The van der Waals surface area contributed by atoms with E-state index in [2.05, 4.69) is 10.6 Å². The molecule has 28 heavy (non-hydrogen) atoms. The lowest BCUT2D eigenvalue weighted by Gasteiger charge is -2.17. The zero-order valence-electron chi connectivity index (χ0n) is 15.6. The molecule has 0 saturated heterocycles. The van der Waals surface area contributed by atoms with Crippen molar-refractivity contribution in [3.05, 3.63) is 58.5 Å². The zero-order chi connectivity index (χ0) is 21.1. The molecule has 0 aliphatic heterocycles. The minimum Gasteiger partial charge on any atom is -0.326 e. The van der Waals surface area contributed by atoms with Crippen LogP contribution in [0.25, 0.3) is 0 Å². The van der Waals surface area contributed by atoms with Gasteiger partial charge in [-0.15, -0.1) is 0 Å². The number of hydrogen-bond donors (Lipinski definition) is 2. The van der Waals surface area contributed by atoms with E-state index in [0.29, 0.717) is 28.2 Å². The molecule has 0 saturated carbocycles. The van der Waals surface area contributed by atoms with Crippen LogP contribution in [0.3, 0.4) is 0 Å². The molecule has 2 amide bonds. The summed E-state index contributed by atoms with van der Waals surface area (Å²) in [5.74, 6) is -0.832. The highest BCUT2D eigenvalue weighted by molar-refractivity contribution is 5.95. The largest absolute Gasteiger partial charge is 0.417 e. The normalized spacial score (nSPS) is 11.8. The summed E-state index contributed by atoms with van der Waals surface area (Å²) in [5.41, 5.74) is -1.39. The molecule has 0 fully saturated rings. The summed E-state index contributed by atoms with van der Waals surface area (Å²) in [6.45, 7) is 4.75. The van der Waals surface area contributed by atoms with Crippen molar-refractivity contribution >= 4 is 23.2 Å². The number of anilines is 2. The number of hydrogen-bond acceptors (Lipinski definition) is 3. The van der Waals surface area contributed by atoms with Crippen LogP contribution in [0.4, 0.5) is 24.5 Å². The second kappa shape index (κ2) is 7.87. The number of benzene rings is 1. The summed E-state index contributed by atoms with van der Waals surface area (Å²) < 4.78 is 38.9. The molecule has 0 aliphatic rings. The van der Waals surface area contributed by atoms with Crippen LogP contribution < -0.4 is 16.2 Å². The Morgan fingerprint density at radius 3 is 1.96 bits per heavy atom. The lowest BCUT2D eigenvalue weighted by atomic mass is 9.95. The molecule has 2 N–H and O–H groups in total. The van der Waals surface area contributed by atoms with Gasteiger partial charge in [0.25, 0.3) is 5.56 Å². The van der Waals surface area contributed by atoms with Crippen molar-refractivity contribution in [2.24, 2.45) is 5.41 Å². The fraction of sp³-hybridized carbons (Fsp3) is 0.316. The summed E-state index contributed by atoms with van der Waals surface area (Å²) in [6.07, 6.45) is -4.01. The summed E-state index contributed by atoms with van der Waals surface area (Å²) in [7, 11) is 0. The number of rotatable bonds is 4. The maximum Gasteiger partial charge on any atom is 0.417 e. The number of carbonyl (C=O) groups is 2. The highest BCUT2D eigenvalue weighted by Crippen LogP contribution is 2.28. The summed E-state index contributed by atoms with van der Waals surface area (Å²) in [4.78, 5) is 35.7. The van der Waals surface area contributed by atoms with E-state index < -0.39 is 35.2 Å². The number of pyridine rings is 1. The number of carbonyl (C=O) groups excluding carboxylic acids is 2. The Morgan fingerprint density at radius 1 is 0.929 bits per heavy atom. The van der Waals surface area contributed by atoms with Gasteiger partial charge in [0.1, 0.15) is 6.54 Å². The van der Waals surface area contributed by atoms with Gasteiger partial charge in [-0.25, -0.2) is 0 Å².